The molecule has 0 unspecified atom stereocenters. The first kappa shape index (κ1) is 25.9. The fourth-order valence-corrected chi connectivity index (χ4v) is 5.47. The van der Waals surface area contributed by atoms with Gasteiger partial charge >= 0.3 is 6.09 Å². The van der Waals surface area contributed by atoms with Gasteiger partial charge in [-0.15, -0.1) is 11.3 Å². The Bertz CT molecular complexity index is 1050. The molecule has 1 aromatic carbocycles. The number of piperazine rings is 1. The van der Waals surface area contributed by atoms with E-state index >= 15 is 0 Å². The van der Waals surface area contributed by atoms with Crippen LogP contribution in [0.2, 0.25) is 0 Å². The number of rotatable bonds is 6. The molecule has 3 heterocycles. The fraction of sp³-hybridized carbons (Fsp3) is 0.538. The van der Waals surface area contributed by atoms with Gasteiger partial charge in [0.15, 0.2) is 0 Å². The van der Waals surface area contributed by atoms with Crippen LogP contribution in [0.25, 0.3) is 0 Å². The molecular weight excluding hydrogens is 480 g/mol. The first-order chi connectivity index (χ1) is 17.4. The van der Waals surface area contributed by atoms with Gasteiger partial charge in [0.25, 0.3) is 11.8 Å². The highest BCUT2D eigenvalue weighted by atomic mass is 32.1. The Morgan fingerprint density at radius 2 is 1.56 bits per heavy atom. The van der Waals surface area contributed by atoms with E-state index in [-0.39, 0.29) is 29.9 Å². The minimum Gasteiger partial charge on any atom is -0.491 e. The second-order valence-electron chi connectivity index (χ2n) is 9.31. The van der Waals surface area contributed by atoms with Gasteiger partial charge in [-0.1, -0.05) is 0 Å². The summed E-state index contributed by atoms with van der Waals surface area (Å²) in [5, 5.41) is 2.78. The number of likely N-dealkylation sites (tertiary alicyclic amines) is 1. The van der Waals surface area contributed by atoms with Crippen LogP contribution in [-0.4, -0.2) is 89.6 Å². The topological polar surface area (TPSA) is 92.3 Å². The highest BCUT2D eigenvalue weighted by Crippen LogP contribution is 2.31. The zero-order valence-corrected chi connectivity index (χ0v) is 22.0. The summed E-state index contributed by atoms with van der Waals surface area (Å²) in [6, 6.07) is 7.31. The quantitative estimate of drug-likeness (QED) is 0.581. The van der Waals surface area contributed by atoms with Gasteiger partial charge in [0.05, 0.1) is 17.7 Å². The molecule has 9 nitrogen and oxygen atoms in total. The maximum Gasteiger partial charge on any atom is 0.409 e. The van der Waals surface area contributed by atoms with E-state index in [1.165, 1.54) is 11.3 Å². The first-order valence-corrected chi connectivity index (χ1v) is 13.5. The van der Waals surface area contributed by atoms with Crippen LogP contribution in [0.15, 0.2) is 29.6 Å². The largest absolute Gasteiger partial charge is 0.491 e. The molecule has 0 radical (unpaired) electrons. The molecule has 194 valence electrons. The molecule has 3 amide bonds. The van der Waals surface area contributed by atoms with E-state index in [2.05, 4.69) is 4.98 Å². The molecule has 4 rings (SSSR count). The molecule has 0 N–H and O–H groups in total. The summed E-state index contributed by atoms with van der Waals surface area (Å²) >= 11 is 1.51. The number of nitrogens with zero attached hydrogens (tertiary/aromatic N) is 4. The summed E-state index contributed by atoms with van der Waals surface area (Å²) in [7, 11) is 0. The lowest BCUT2D eigenvalue weighted by atomic mass is 9.97. The maximum atomic E-state index is 13.0. The van der Waals surface area contributed by atoms with E-state index in [0.717, 1.165) is 23.6 Å². The fourth-order valence-electron chi connectivity index (χ4n) is 4.50. The van der Waals surface area contributed by atoms with Crippen molar-refractivity contribution in [1.82, 2.24) is 19.7 Å². The molecule has 0 saturated carbocycles. The van der Waals surface area contributed by atoms with Crippen LogP contribution in [0.4, 0.5) is 4.79 Å². The van der Waals surface area contributed by atoms with Crippen LogP contribution in [0, 0.1) is 0 Å². The monoisotopic (exact) mass is 514 g/mol. The molecule has 2 fully saturated rings. The number of hydrogen-bond acceptors (Lipinski definition) is 7. The van der Waals surface area contributed by atoms with E-state index in [1.807, 2.05) is 48.4 Å². The molecule has 0 bridgehead atoms. The Hall–Kier alpha value is -3.14. The number of carbonyl (C=O) groups is 3. The van der Waals surface area contributed by atoms with Crippen LogP contribution >= 0.6 is 11.3 Å². The lowest BCUT2D eigenvalue weighted by molar-refractivity contribution is 0.0566. The Morgan fingerprint density at radius 3 is 2.17 bits per heavy atom. The van der Waals surface area contributed by atoms with Gasteiger partial charge in [0, 0.05) is 56.1 Å². The van der Waals surface area contributed by atoms with E-state index in [4.69, 9.17) is 9.47 Å². The SMILES string of the molecule is CCOC(=O)N1CCN(C(=O)c2csc(C3CCN(C(=O)c4ccc(OC(C)C)cc4)CC3)n2)CC1. The predicted molar refractivity (Wildman–Crippen MR) is 137 cm³/mol. The van der Waals surface area contributed by atoms with Crippen LogP contribution in [-0.2, 0) is 4.74 Å². The molecule has 0 atom stereocenters. The molecule has 2 aliphatic rings. The third-order valence-electron chi connectivity index (χ3n) is 6.44. The van der Waals surface area contributed by atoms with E-state index in [0.29, 0.717) is 57.1 Å². The highest BCUT2D eigenvalue weighted by Gasteiger charge is 2.29. The van der Waals surface area contributed by atoms with Crippen LogP contribution in [0.5, 0.6) is 5.75 Å². The van der Waals surface area contributed by atoms with Crippen LogP contribution < -0.4 is 4.74 Å². The number of aromatic nitrogens is 1. The van der Waals surface area contributed by atoms with Crippen molar-refractivity contribution in [1.29, 1.82) is 0 Å². The van der Waals surface area contributed by atoms with Gasteiger partial charge in [0.2, 0.25) is 0 Å². The maximum absolute atomic E-state index is 13.0. The van der Waals surface area contributed by atoms with Gasteiger partial charge in [-0.3, -0.25) is 9.59 Å². The van der Waals surface area contributed by atoms with Crippen LogP contribution in [0.3, 0.4) is 0 Å². The predicted octanol–water partition coefficient (Wildman–Crippen LogP) is 3.86. The van der Waals surface area contributed by atoms with Crippen molar-refractivity contribution < 1.29 is 23.9 Å². The smallest absolute Gasteiger partial charge is 0.409 e. The van der Waals surface area contributed by atoms with Gasteiger partial charge in [-0.2, -0.15) is 0 Å². The Kier molecular flexibility index (Phi) is 8.45. The Balaban J connectivity index is 1.27. The first-order valence-electron chi connectivity index (χ1n) is 12.6. The summed E-state index contributed by atoms with van der Waals surface area (Å²) < 4.78 is 10.7. The average Bonchev–Trinajstić information content (AvgIpc) is 3.39. The second-order valence-corrected chi connectivity index (χ2v) is 10.2. The number of ether oxygens (including phenoxy) is 2. The number of benzene rings is 1. The van der Waals surface area contributed by atoms with Crippen molar-refractivity contribution >= 4 is 29.2 Å². The van der Waals surface area contributed by atoms with E-state index in [1.54, 1.807) is 16.7 Å². The molecule has 2 aromatic rings. The number of piperidine rings is 1. The number of amides is 3. The second kappa shape index (κ2) is 11.7. The number of thiazole rings is 1. The number of carbonyl (C=O) groups excluding carboxylic acids is 3. The zero-order valence-electron chi connectivity index (χ0n) is 21.1. The van der Waals surface area contributed by atoms with Crippen molar-refractivity contribution in [2.45, 2.75) is 45.6 Å². The van der Waals surface area contributed by atoms with Crippen LogP contribution in [0.1, 0.15) is 65.4 Å². The Morgan fingerprint density at radius 1 is 0.944 bits per heavy atom. The summed E-state index contributed by atoms with van der Waals surface area (Å²) in [6.07, 6.45) is 1.40. The third kappa shape index (κ3) is 6.16. The van der Waals surface area contributed by atoms with Crippen molar-refractivity contribution in [2.75, 3.05) is 45.9 Å². The minimum absolute atomic E-state index is 0.0292. The molecule has 0 spiro atoms. The zero-order chi connectivity index (χ0) is 25.7. The summed E-state index contributed by atoms with van der Waals surface area (Å²) in [5.74, 6) is 0.929. The molecule has 10 heteroatoms. The lowest BCUT2D eigenvalue weighted by Crippen LogP contribution is -2.50. The van der Waals surface area contributed by atoms with Gasteiger partial charge < -0.3 is 24.2 Å². The normalized spacial score (nSPS) is 16.8. The molecule has 2 saturated heterocycles. The van der Waals surface area contributed by atoms with E-state index < -0.39 is 0 Å². The minimum atomic E-state index is -0.331. The van der Waals surface area contributed by atoms with Crippen molar-refractivity contribution in [3.05, 3.63) is 45.9 Å². The molecular formula is C26H34N4O5S. The average molecular weight is 515 g/mol. The number of hydrogen-bond donors (Lipinski definition) is 0. The van der Waals surface area contributed by atoms with Crippen molar-refractivity contribution in [3.8, 4) is 5.75 Å². The standard InChI is InChI=1S/C26H34N4O5S/c1-4-34-26(33)30-15-13-29(14-16-30)25(32)22-17-36-23(27-22)19-9-11-28(12-10-19)24(31)20-5-7-21(8-6-20)35-18(2)3/h5-8,17-19H,4,9-16H2,1-3H3. The van der Waals surface area contributed by atoms with Gasteiger partial charge in [-0.25, -0.2) is 9.78 Å². The third-order valence-corrected chi connectivity index (χ3v) is 7.45. The molecule has 1 aromatic heterocycles. The highest BCUT2D eigenvalue weighted by molar-refractivity contribution is 7.09. The molecule has 36 heavy (non-hydrogen) atoms. The molecule has 0 aliphatic carbocycles. The lowest BCUT2D eigenvalue weighted by Gasteiger charge is -2.33. The van der Waals surface area contributed by atoms with Crippen molar-refractivity contribution in [2.24, 2.45) is 0 Å². The summed E-state index contributed by atoms with van der Waals surface area (Å²) in [6.45, 7) is 9.24. The van der Waals surface area contributed by atoms with Gasteiger partial charge in [0.1, 0.15) is 11.4 Å². The molecule has 2 aliphatic heterocycles. The van der Waals surface area contributed by atoms with Gasteiger partial charge in [-0.05, 0) is 57.9 Å². The summed E-state index contributed by atoms with van der Waals surface area (Å²) in [4.78, 5) is 47.7. The summed E-state index contributed by atoms with van der Waals surface area (Å²) in [5.41, 5.74) is 1.12. The van der Waals surface area contributed by atoms with Crippen molar-refractivity contribution in [3.63, 3.8) is 0 Å². The van der Waals surface area contributed by atoms with E-state index in [9.17, 15) is 14.4 Å². The Labute approximate surface area is 216 Å².